The van der Waals surface area contributed by atoms with Crippen molar-refractivity contribution in [3.05, 3.63) is 52.0 Å². The summed E-state index contributed by atoms with van der Waals surface area (Å²) in [6.07, 6.45) is 1.94. The van der Waals surface area contributed by atoms with Crippen LogP contribution < -0.4 is 0 Å². The molecule has 1 aliphatic rings. The van der Waals surface area contributed by atoms with Gasteiger partial charge in [-0.2, -0.15) is 0 Å². The highest BCUT2D eigenvalue weighted by Gasteiger charge is 2.22. The molecule has 19 heavy (non-hydrogen) atoms. The predicted molar refractivity (Wildman–Crippen MR) is 77.3 cm³/mol. The lowest BCUT2D eigenvalue weighted by Crippen LogP contribution is -2.37. The second-order valence-corrected chi connectivity index (χ2v) is 6.23. The first-order valence-electron chi connectivity index (χ1n) is 6.61. The SMILES string of the molecule is Cc1ccc(CN2CCOC(c3ccccn3)C2)s1. The van der Waals surface area contributed by atoms with Crippen LogP contribution in [0.15, 0.2) is 36.5 Å². The Bertz CT molecular complexity index is 526. The first-order chi connectivity index (χ1) is 9.31. The van der Waals surface area contributed by atoms with Gasteiger partial charge in [-0.3, -0.25) is 9.88 Å². The maximum atomic E-state index is 5.84. The molecule has 1 aliphatic heterocycles. The van der Waals surface area contributed by atoms with Crippen molar-refractivity contribution in [1.29, 1.82) is 0 Å². The summed E-state index contributed by atoms with van der Waals surface area (Å²) in [5, 5.41) is 0. The highest BCUT2D eigenvalue weighted by Crippen LogP contribution is 2.23. The average molecular weight is 274 g/mol. The Balaban J connectivity index is 1.65. The second kappa shape index (κ2) is 5.82. The molecule has 0 N–H and O–H groups in total. The Morgan fingerprint density at radius 1 is 1.37 bits per heavy atom. The predicted octanol–water partition coefficient (Wildman–Crippen LogP) is 3.03. The van der Waals surface area contributed by atoms with E-state index < -0.39 is 0 Å². The molecule has 1 saturated heterocycles. The summed E-state index contributed by atoms with van der Waals surface area (Å²) in [5.74, 6) is 0. The van der Waals surface area contributed by atoms with E-state index in [1.54, 1.807) is 0 Å². The molecule has 2 aromatic heterocycles. The largest absolute Gasteiger partial charge is 0.369 e. The van der Waals surface area contributed by atoms with E-state index in [1.807, 2.05) is 35.7 Å². The van der Waals surface area contributed by atoms with E-state index in [0.29, 0.717) is 0 Å². The third-order valence-corrected chi connectivity index (χ3v) is 4.33. The molecule has 3 nitrogen and oxygen atoms in total. The lowest BCUT2D eigenvalue weighted by atomic mass is 10.2. The van der Waals surface area contributed by atoms with Crippen molar-refractivity contribution in [2.45, 2.75) is 19.6 Å². The summed E-state index contributed by atoms with van der Waals surface area (Å²) < 4.78 is 5.84. The molecule has 0 radical (unpaired) electrons. The molecule has 0 aliphatic carbocycles. The van der Waals surface area contributed by atoms with Crippen molar-refractivity contribution in [2.24, 2.45) is 0 Å². The normalized spacial score (nSPS) is 20.6. The van der Waals surface area contributed by atoms with Crippen molar-refractivity contribution in [1.82, 2.24) is 9.88 Å². The van der Waals surface area contributed by atoms with E-state index in [9.17, 15) is 0 Å². The molecule has 0 spiro atoms. The molecule has 0 saturated carbocycles. The quantitative estimate of drug-likeness (QED) is 0.860. The summed E-state index contributed by atoms with van der Waals surface area (Å²) in [6.45, 7) is 5.88. The minimum Gasteiger partial charge on any atom is -0.369 e. The van der Waals surface area contributed by atoms with Gasteiger partial charge in [0.15, 0.2) is 0 Å². The van der Waals surface area contributed by atoms with Crippen LogP contribution in [-0.4, -0.2) is 29.6 Å². The number of ether oxygens (including phenoxy) is 1. The van der Waals surface area contributed by atoms with Gasteiger partial charge in [-0.1, -0.05) is 6.07 Å². The second-order valence-electron chi connectivity index (χ2n) is 4.86. The number of hydrogen-bond donors (Lipinski definition) is 0. The van der Waals surface area contributed by atoms with Crippen LogP contribution in [-0.2, 0) is 11.3 Å². The third kappa shape index (κ3) is 3.21. The van der Waals surface area contributed by atoms with Crippen molar-refractivity contribution in [3.63, 3.8) is 0 Å². The van der Waals surface area contributed by atoms with Gasteiger partial charge >= 0.3 is 0 Å². The van der Waals surface area contributed by atoms with Gasteiger partial charge in [-0.05, 0) is 31.2 Å². The summed E-state index contributed by atoms with van der Waals surface area (Å²) >= 11 is 1.88. The molecule has 0 aromatic carbocycles. The molecule has 4 heteroatoms. The maximum Gasteiger partial charge on any atom is 0.112 e. The Hall–Kier alpha value is -1.23. The molecule has 3 rings (SSSR count). The number of morpholine rings is 1. The van der Waals surface area contributed by atoms with Gasteiger partial charge in [-0.25, -0.2) is 0 Å². The Kier molecular flexibility index (Phi) is 3.92. The van der Waals surface area contributed by atoms with Gasteiger partial charge in [-0.15, -0.1) is 11.3 Å². The highest BCUT2D eigenvalue weighted by molar-refractivity contribution is 7.11. The number of pyridine rings is 1. The lowest BCUT2D eigenvalue weighted by molar-refractivity contribution is -0.0346. The number of aryl methyl sites for hydroxylation is 1. The minimum atomic E-state index is 0.107. The van der Waals surface area contributed by atoms with E-state index in [-0.39, 0.29) is 6.10 Å². The first kappa shape index (κ1) is 12.8. The van der Waals surface area contributed by atoms with Crippen LogP contribution in [0.3, 0.4) is 0 Å². The Morgan fingerprint density at radius 3 is 3.05 bits per heavy atom. The van der Waals surface area contributed by atoms with Crippen LogP contribution in [0.5, 0.6) is 0 Å². The molecular formula is C15H18N2OS. The zero-order chi connectivity index (χ0) is 13.1. The van der Waals surface area contributed by atoms with Crippen LogP contribution in [0.1, 0.15) is 21.6 Å². The van der Waals surface area contributed by atoms with Crippen LogP contribution in [0.4, 0.5) is 0 Å². The van der Waals surface area contributed by atoms with Crippen molar-refractivity contribution >= 4 is 11.3 Å². The summed E-state index contributed by atoms with van der Waals surface area (Å²) in [7, 11) is 0. The van der Waals surface area contributed by atoms with Gasteiger partial charge < -0.3 is 4.74 Å². The van der Waals surface area contributed by atoms with Crippen molar-refractivity contribution in [2.75, 3.05) is 19.7 Å². The Labute approximate surface area is 117 Å². The van der Waals surface area contributed by atoms with E-state index >= 15 is 0 Å². The van der Waals surface area contributed by atoms with Crippen LogP contribution in [0.2, 0.25) is 0 Å². The van der Waals surface area contributed by atoms with Crippen LogP contribution >= 0.6 is 11.3 Å². The molecule has 2 aromatic rings. The average Bonchev–Trinajstić information content (AvgIpc) is 2.85. The van der Waals surface area contributed by atoms with Gasteiger partial charge in [0, 0.05) is 35.6 Å². The van der Waals surface area contributed by atoms with Gasteiger partial charge in [0.05, 0.1) is 12.3 Å². The summed E-state index contributed by atoms with van der Waals surface area (Å²) in [5.41, 5.74) is 1.04. The number of rotatable bonds is 3. The number of aromatic nitrogens is 1. The summed E-state index contributed by atoms with van der Waals surface area (Å²) in [4.78, 5) is 9.66. The fourth-order valence-corrected chi connectivity index (χ4v) is 3.31. The fourth-order valence-electron chi connectivity index (χ4n) is 2.38. The number of thiophene rings is 1. The zero-order valence-electron chi connectivity index (χ0n) is 11.1. The van der Waals surface area contributed by atoms with Crippen LogP contribution in [0, 0.1) is 6.92 Å². The molecule has 1 fully saturated rings. The minimum absolute atomic E-state index is 0.107. The highest BCUT2D eigenvalue weighted by atomic mass is 32.1. The van der Waals surface area contributed by atoms with E-state index in [0.717, 1.165) is 31.9 Å². The molecule has 3 heterocycles. The smallest absolute Gasteiger partial charge is 0.112 e. The topological polar surface area (TPSA) is 25.4 Å². The van der Waals surface area contributed by atoms with Crippen LogP contribution in [0.25, 0.3) is 0 Å². The molecule has 100 valence electrons. The van der Waals surface area contributed by atoms with Crippen molar-refractivity contribution in [3.8, 4) is 0 Å². The lowest BCUT2D eigenvalue weighted by Gasteiger charge is -2.32. The van der Waals surface area contributed by atoms with E-state index in [2.05, 4.69) is 28.9 Å². The van der Waals surface area contributed by atoms with E-state index in [1.165, 1.54) is 9.75 Å². The standard InChI is InChI=1S/C15H18N2OS/c1-12-5-6-13(19-12)10-17-8-9-18-15(11-17)14-4-2-3-7-16-14/h2-7,15H,8-11H2,1H3. The van der Waals surface area contributed by atoms with Gasteiger partial charge in [0.25, 0.3) is 0 Å². The fraction of sp³-hybridized carbons (Fsp3) is 0.400. The third-order valence-electron chi connectivity index (χ3n) is 3.34. The monoisotopic (exact) mass is 274 g/mol. The van der Waals surface area contributed by atoms with Gasteiger partial charge in [0.2, 0.25) is 0 Å². The van der Waals surface area contributed by atoms with Crippen molar-refractivity contribution < 1.29 is 4.74 Å². The van der Waals surface area contributed by atoms with E-state index in [4.69, 9.17) is 4.74 Å². The maximum absolute atomic E-state index is 5.84. The molecule has 0 bridgehead atoms. The molecular weight excluding hydrogens is 256 g/mol. The Morgan fingerprint density at radius 2 is 2.32 bits per heavy atom. The first-order valence-corrected chi connectivity index (χ1v) is 7.43. The zero-order valence-corrected chi connectivity index (χ0v) is 11.9. The molecule has 1 unspecified atom stereocenters. The molecule has 0 amide bonds. The molecule has 1 atom stereocenters. The summed E-state index contributed by atoms with van der Waals surface area (Å²) in [6, 6.07) is 10.4. The number of hydrogen-bond acceptors (Lipinski definition) is 4. The van der Waals surface area contributed by atoms with Gasteiger partial charge in [0.1, 0.15) is 6.10 Å². The number of nitrogens with zero attached hydrogens (tertiary/aromatic N) is 2.